The van der Waals surface area contributed by atoms with Crippen LogP contribution in [-0.4, -0.2) is 22.2 Å². The number of cyclic esters (lactones) is 2. The van der Waals surface area contributed by atoms with Crippen LogP contribution in [0.5, 0.6) is 0 Å². The van der Waals surface area contributed by atoms with Gasteiger partial charge in [-0.25, -0.2) is 28.3 Å². The van der Waals surface area contributed by atoms with E-state index < -0.39 is 48.1 Å². The van der Waals surface area contributed by atoms with E-state index in [1.807, 2.05) is 60.7 Å². The van der Waals surface area contributed by atoms with Crippen LogP contribution in [0.1, 0.15) is 69.3 Å². The molecule has 0 spiro atoms. The summed E-state index contributed by atoms with van der Waals surface area (Å²) >= 11 is 0. The van der Waals surface area contributed by atoms with Crippen molar-refractivity contribution in [3.63, 3.8) is 0 Å². The molecule has 2 amide bonds. The van der Waals surface area contributed by atoms with Crippen molar-refractivity contribution in [2.75, 3.05) is 0 Å². The number of halogens is 2. The second kappa shape index (κ2) is 16.4. The summed E-state index contributed by atoms with van der Waals surface area (Å²) in [5.41, 5.74) is 4.63. The highest BCUT2D eigenvalue weighted by Gasteiger charge is 2.40. The first-order valence-corrected chi connectivity index (χ1v) is 16.9. The Balaban J connectivity index is 0.000000167. The van der Waals surface area contributed by atoms with Gasteiger partial charge in [0, 0.05) is 22.3 Å². The summed E-state index contributed by atoms with van der Waals surface area (Å²) in [7, 11) is 0. The molecule has 4 aromatic carbocycles. The van der Waals surface area contributed by atoms with E-state index in [0.29, 0.717) is 33.9 Å². The summed E-state index contributed by atoms with van der Waals surface area (Å²) in [4.78, 5) is 32.6. The Kier molecular flexibility index (Phi) is 10.6. The molecule has 0 bridgehead atoms. The van der Waals surface area contributed by atoms with Crippen molar-refractivity contribution in [1.82, 2.24) is 20.6 Å². The number of carbonyl (C=O) groups is 2. The van der Waals surface area contributed by atoms with Crippen LogP contribution in [0.15, 0.2) is 146 Å². The summed E-state index contributed by atoms with van der Waals surface area (Å²) in [5.74, 6) is 11.3. The van der Waals surface area contributed by atoms with Crippen LogP contribution in [-0.2, 0) is 9.47 Å². The molecule has 2 aliphatic heterocycles. The molecule has 2 N–H and O–H groups in total. The van der Waals surface area contributed by atoms with Crippen molar-refractivity contribution in [2.24, 2.45) is 0 Å². The van der Waals surface area contributed by atoms with Gasteiger partial charge in [-0.15, -0.1) is 0 Å². The Hall–Kier alpha value is -7.30. The third-order valence-corrected chi connectivity index (χ3v) is 8.44. The molecule has 2 fully saturated rings. The van der Waals surface area contributed by atoms with E-state index in [4.69, 9.17) is 9.47 Å². The number of ether oxygens (including phenoxy) is 2. The molecule has 2 aliphatic rings. The van der Waals surface area contributed by atoms with Crippen molar-refractivity contribution in [2.45, 2.75) is 24.3 Å². The molecule has 8 rings (SSSR count). The van der Waals surface area contributed by atoms with Crippen molar-refractivity contribution in [3.8, 4) is 23.7 Å². The first-order chi connectivity index (χ1) is 26.4. The second-order valence-electron chi connectivity index (χ2n) is 12.1. The molecule has 0 radical (unpaired) electrons. The summed E-state index contributed by atoms with van der Waals surface area (Å²) in [5, 5.41) is 5.42. The fraction of sp³-hybridized carbons (Fsp3) is 0.0909. The third-order valence-electron chi connectivity index (χ3n) is 8.44. The van der Waals surface area contributed by atoms with Crippen molar-refractivity contribution >= 4 is 12.2 Å². The van der Waals surface area contributed by atoms with Crippen molar-refractivity contribution in [3.05, 3.63) is 202 Å². The molecule has 54 heavy (non-hydrogen) atoms. The number of nitrogens with one attached hydrogen (secondary N) is 2. The molecule has 0 saturated carbocycles. The van der Waals surface area contributed by atoms with Gasteiger partial charge in [-0.2, -0.15) is 0 Å². The maximum absolute atomic E-state index is 14.2. The molecule has 10 heteroatoms. The van der Waals surface area contributed by atoms with E-state index in [1.165, 1.54) is 12.1 Å². The smallest absolute Gasteiger partial charge is 0.408 e. The lowest BCUT2D eigenvalue weighted by Crippen LogP contribution is -2.21. The number of hydrogen-bond acceptors (Lipinski definition) is 6. The maximum atomic E-state index is 14.2. The van der Waals surface area contributed by atoms with Gasteiger partial charge in [0.2, 0.25) is 0 Å². The van der Waals surface area contributed by atoms with Crippen LogP contribution < -0.4 is 10.6 Å². The summed E-state index contributed by atoms with van der Waals surface area (Å²) in [6.45, 7) is 0. The number of aromatic nitrogens is 2. The highest BCUT2D eigenvalue weighted by molar-refractivity contribution is 5.71. The van der Waals surface area contributed by atoms with Crippen molar-refractivity contribution < 1.29 is 27.8 Å². The number of nitrogens with zero attached hydrogens (tertiary/aromatic N) is 2. The quantitative estimate of drug-likeness (QED) is 0.178. The Bertz CT molecular complexity index is 2250. The zero-order chi connectivity index (χ0) is 37.3. The van der Waals surface area contributed by atoms with Gasteiger partial charge in [-0.05, 0) is 72.5 Å². The van der Waals surface area contributed by atoms with E-state index in [0.717, 1.165) is 11.1 Å². The molecule has 8 nitrogen and oxygen atoms in total. The summed E-state index contributed by atoms with van der Waals surface area (Å²) < 4.78 is 39.0. The van der Waals surface area contributed by atoms with Gasteiger partial charge >= 0.3 is 12.2 Å². The van der Waals surface area contributed by atoms with Crippen LogP contribution in [0.4, 0.5) is 18.4 Å². The third kappa shape index (κ3) is 8.42. The Morgan fingerprint density at radius 3 is 1.26 bits per heavy atom. The van der Waals surface area contributed by atoms with Gasteiger partial charge in [-0.3, -0.25) is 0 Å². The van der Waals surface area contributed by atoms with E-state index in [9.17, 15) is 18.4 Å². The van der Waals surface area contributed by atoms with Crippen molar-refractivity contribution in [1.29, 1.82) is 0 Å². The first kappa shape index (κ1) is 35.1. The lowest BCUT2D eigenvalue weighted by Gasteiger charge is -2.17. The monoisotopic (exact) mass is 716 g/mol. The lowest BCUT2D eigenvalue weighted by molar-refractivity contribution is 0.129. The standard InChI is InChI=1S/2C22H15FN2O2/c2*23-18-11-5-4-10-17(18)21-20(25-22(26)27-21)19-12-6-9-16(24-19)14-13-15-7-2-1-3-8-15/h2*1-12,20-21H,(H,25,26)/t2*20-,21-/m10/s1. The highest BCUT2D eigenvalue weighted by Crippen LogP contribution is 2.38. The van der Waals surface area contributed by atoms with Crippen LogP contribution in [0.2, 0.25) is 0 Å². The molecule has 4 atom stereocenters. The summed E-state index contributed by atoms with van der Waals surface area (Å²) in [6, 6.07) is 41.2. The van der Waals surface area contributed by atoms with Crippen LogP contribution in [0.25, 0.3) is 0 Å². The van der Waals surface area contributed by atoms with E-state index in [1.54, 1.807) is 72.8 Å². The largest absolute Gasteiger partial charge is 0.439 e. The number of hydrogen-bond donors (Lipinski definition) is 2. The fourth-order valence-corrected chi connectivity index (χ4v) is 5.90. The number of carbonyl (C=O) groups excluding carboxylic acids is 2. The number of amides is 2. The predicted octanol–water partition coefficient (Wildman–Crippen LogP) is 8.29. The van der Waals surface area contributed by atoms with Crippen LogP contribution >= 0.6 is 0 Å². The molecule has 264 valence electrons. The number of benzene rings is 4. The SMILES string of the molecule is O=C1N[C@@H](c2cccc(C#Cc3ccccc3)n2)[C@H](c2ccccc2F)O1.O=C1N[C@H](c2cccc(C#Cc3ccccc3)n2)[C@@H](c2ccccc2F)O1. The zero-order valence-electron chi connectivity index (χ0n) is 28.4. The molecule has 2 aromatic heterocycles. The first-order valence-electron chi connectivity index (χ1n) is 16.9. The van der Waals surface area contributed by atoms with Gasteiger partial charge in [0.05, 0.1) is 11.4 Å². The van der Waals surface area contributed by atoms with Crippen LogP contribution in [0, 0.1) is 35.3 Å². The molecule has 2 saturated heterocycles. The van der Waals surface area contributed by atoms with Gasteiger partial charge in [0.25, 0.3) is 0 Å². The fourth-order valence-electron chi connectivity index (χ4n) is 5.90. The van der Waals surface area contributed by atoms with E-state index >= 15 is 0 Å². The van der Waals surface area contributed by atoms with E-state index in [-0.39, 0.29) is 0 Å². The Morgan fingerprint density at radius 1 is 0.463 bits per heavy atom. The zero-order valence-corrected chi connectivity index (χ0v) is 28.4. The number of pyridine rings is 2. The Morgan fingerprint density at radius 2 is 0.852 bits per heavy atom. The predicted molar refractivity (Wildman–Crippen MR) is 196 cm³/mol. The minimum atomic E-state index is -0.788. The maximum Gasteiger partial charge on any atom is 0.408 e. The van der Waals surface area contributed by atoms with Crippen LogP contribution in [0.3, 0.4) is 0 Å². The average molecular weight is 717 g/mol. The van der Waals surface area contributed by atoms with Gasteiger partial charge in [-0.1, -0.05) is 96.8 Å². The molecule has 6 aromatic rings. The van der Waals surface area contributed by atoms with Gasteiger partial charge < -0.3 is 20.1 Å². The second-order valence-corrected chi connectivity index (χ2v) is 12.1. The molecular formula is C44H30F2N4O4. The average Bonchev–Trinajstić information content (AvgIpc) is 3.80. The topological polar surface area (TPSA) is 102 Å². The highest BCUT2D eigenvalue weighted by atomic mass is 19.1. The minimum Gasteiger partial charge on any atom is -0.439 e. The molecule has 0 unspecified atom stereocenters. The Labute approximate surface area is 310 Å². The lowest BCUT2D eigenvalue weighted by atomic mass is 9.99. The minimum absolute atomic E-state index is 0.309. The van der Waals surface area contributed by atoms with E-state index in [2.05, 4.69) is 44.3 Å². The molecule has 4 heterocycles. The van der Waals surface area contributed by atoms with Gasteiger partial charge in [0.15, 0.2) is 12.2 Å². The van der Waals surface area contributed by atoms with Gasteiger partial charge in [0.1, 0.15) is 35.1 Å². The molecular weight excluding hydrogens is 687 g/mol. The normalized spacial score (nSPS) is 18.2. The molecule has 0 aliphatic carbocycles. The summed E-state index contributed by atoms with van der Waals surface area (Å²) in [6.07, 6.45) is -2.78. The number of rotatable bonds is 4. The number of alkyl carbamates (subject to hydrolysis) is 2.